The Morgan fingerprint density at radius 1 is 1.19 bits per heavy atom. The second-order valence-electron chi connectivity index (χ2n) is 8.37. The van der Waals surface area contributed by atoms with Gasteiger partial charge in [0.05, 0.1) is 23.1 Å². The number of carbonyl (C=O) groups excluding carboxylic acids is 2. The van der Waals surface area contributed by atoms with Gasteiger partial charge >= 0.3 is 12.0 Å². The molecule has 0 spiro atoms. The van der Waals surface area contributed by atoms with Crippen molar-refractivity contribution in [3.05, 3.63) is 87.1 Å². The minimum Gasteiger partial charge on any atom is -0.478 e. The maximum Gasteiger partial charge on any atom is 0.335 e. The minimum absolute atomic E-state index is 0.0751. The number of nitrogens with zero attached hydrogens (tertiary/aromatic N) is 3. The number of urea groups is 1. The normalized spacial score (nSPS) is 15.4. The Bertz CT molecular complexity index is 1170. The first-order valence-corrected chi connectivity index (χ1v) is 11.3. The van der Waals surface area contributed by atoms with Gasteiger partial charge in [-0.25, -0.2) is 9.59 Å². The van der Waals surface area contributed by atoms with Crippen LogP contribution in [-0.4, -0.2) is 64.5 Å². The number of hydrogen-bond acceptors (Lipinski definition) is 6. The third kappa shape index (κ3) is 6.45. The maximum absolute atomic E-state index is 12.8. The zero-order valence-electron chi connectivity index (χ0n) is 20.0. The summed E-state index contributed by atoms with van der Waals surface area (Å²) in [6.07, 6.45) is 0.353. The lowest BCUT2D eigenvalue weighted by Gasteiger charge is -2.37. The number of nitro groups is 1. The molecule has 1 atom stereocenters. The van der Waals surface area contributed by atoms with Crippen molar-refractivity contribution in [1.82, 2.24) is 15.1 Å². The van der Waals surface area contributed by atoms with Crippen molar-refractivity contribution in [3.63, 3.8) is 0 Å². The number of carbonyl (C=O) groups is 3. The minimum atomic E-state index is -1.24. The van der Waals surface area contributed by atoms with Crippen LogP contribution < -0.4 is 5.32 Å². The number of ether oxygens (including phenoxy) is 1. The van der Waals surface area contributed by atoms with Crippen LogP contribution >= 0.6 is 0 Å². The van der Waals surface area contributed by atoms with E-state index < -0.39 is 23.0 Å². The van der Waals surface area contributed by atoms with Crippen molar-refractivity contribution in [2.75, 3.05) is 26.7 Å². The summed E-state index contributed by atoms with van der Waals surface area (Å²) in [6, 6.07) is 13.5. The topological polar surface area (TPSA) is 142 Å². The van der Waals surface area contributed by atoms with Gasteiger partial charge in [-0.3, -0.25) is 14.9 Å². The van der Waals surface area contributed by atoms with Crippen molar-refractivity contribution < 1.29 is 29.2 Å². The number of allylic oxidation sites excluding steroid dienone is 1. The van der Waals surface area contributed by atoms with Gasteiger partial charge in [0.25, 0.3) is 5.69 Å². The number of hydrogen-bond donors (Lipinski definition) is 2. The van der Waals surface area contributed by atoms with Gasteiger partial charge in [-0.05, 0) is 24.5 Å². The van der Waals surface area contributed by atoms with Gasteiger partial charge in [-0.1, -0.05) is 42.5 Å². The number of likely N-dealkylation sites (N-methyl/N-ethyl adjacent to an activating group) is 1. The standard InChI is InChI=1S/C25H28N4O7/c1-17-22(24(31)32)23(19-10-6-11-20(14-19)29(34)35)28(25(33)26-17)13-7-12-27(2)21(30)16-36-15-18-8-4-3-5-9-18/h3-6,8-11,14,23H,7,12-13,15-16H2,1-2H3,(H,26,33)(H,31,32). The van der Waals surface area contributed by atoms with Crippen molar-refractivity contribution in [2.45, 2.75) is 26.0 Å². The van der Waals surface area contributed by atoms with Gasteiger partial charge < -0.3 is 25.0 Å². The molecule has 1 aliphatic rings. The van der Waals surface area contributed by atoms with Gasteiger partial charge in [0, 0.05) is 38.0 Å². The molecule has 3 amide bonds. The Kier molecular flexibility index (Phi) is 8.74. The van der Waals surface area contributed by atoms with E-state index >= 15 is 0 Å². The third-order valence-corrected chi connectivity index (χ3v) is 5.83. The molecule has 0 saturated heterocycles. The van der Waals surface area contributed by atoms with Gasteiger partial charge in [0.15, 0.2) is 0 Å². The molecule has 1 heterocycles. The van der Waals surface area contributed by atoms with Crippen LogP contribution in [-0.2, 0) is 20.9 Å². The molecule has 0 aromatic heterocycles. The molecule has 190 valence electrons. The Morgan fingerprint density at radius 2 is 1.92 bits per heavy atom. The Hall–Kier alpha value is -4.25. The molecule has 2 aromatic rings. The van der Waals surface area contributed by atoms with Gasteiger partial charge in [-0.2, -0.15) is 0 Å². The smallest absolute Gasteiger partial charge is 0.335 e. The highest BCUT2D eigenvalue weighted by molar-refractivity contribution is 5.93. The van der Waals surface area contributed by atoms with Gasteiger partial charge in [0.2, 0.25) is 5.91 Å². The van der Waals surface area contributed by atoms with E-state index in [2.05, 4.69) is 5.32 Å². The Balaban J connectivity index is 1.67. The first kappa shape index (κ1) is 26.4. The lowest BCUT2D eigenvalue weighted by atomic mass is 9.93. The highest BCUT2D eigenvalue weighted by atomic mass is 16.6. The van der Waals surface area contributed by atoms with E-state index in [1.807, 2.05) is 30.3 Å². The van der Waals surface area contributed by atoms with Crippen LogP contribution in [0.1, 0.15) is 30.5 Å². The number of nitro benzene ring substituents is 1. The molecule has 11 heteroatoms. The van der Waals surface area contributed by atoms with Crippen LogP contribution in [0.25, 0.3) is 0 Å². The molecule has 1 aliphatic heterocycles. The molecule has 0 bridgehead atoms. The first-order valence-electron chi connectivity index (χ1n) is 11.3. The molecule has 0 aliphatic carbocycles. The fourth-order valence-corrected chi connectivity index (χ4v) is 3.98. The van der Waals surface area contributed by atoms with Crippen LogP contribution in [0.5, 0.6) is 0 Å². The molecule has 36 heavy (non-hydrogen) atoms. The lowest BCUT2D eigenvalue weighted by Crippen LogP contribution is -2.49. The van der Waals surface area contributed by atoms with Gasteiger partial charge in [0.1, 0.15) is 6.61 Å². The largest absolute Gasteiger partial charge is 0.478 e. The molecule has 1 unspecified atom stereocenters. The van der Waals surface area contributed by atoms with Crippen LogP contribution in [0.3, 0.4) is 0 Å². The lowest BCUT2D eigenvalue weighted by molar-refractivity contribution is -0.384. The fraction of sp³-hybridized carbons (Fsp3) is 0.320. The molecule has 0 radical (unpaired) electrons. The number of nitrogens with one attached hydrogen (secondary N) is 1. The number of carboxylic acid groups (broad SMARTS) is 1. The Labute approximate surface area is 208 Å². The third-order valence-electron chi connectivity index (χ3n) is 5.83. The van der Waals surface area contributed by atoms with Crippen LogP contribution in [0.2, 0.25) is 0 Å². The number of benzene rings is 2. The monoisotopic (exact) mass is 496 g/mol. The molecule has 0 fully saturated rings. The van der Waals surface area contributed by atoms with E-state index in [0.29, 0.717) is 25.1 Å². The molecular weight excluding hydrogens is 468 g/mol. The van der Waals surface area contributed by atoms with Crippen LogP contribution in [0, 0.1) is 10.1 Å². The second kappa shape index (κ2) is 11.9. The SMILES string of the molecule is CC1=C(C(=O)O)C(c2cccc([N+](=O)[O-])c2)N(CCCN(C)C(=O)COCc2ccccc2)C(=O)N1. The summed E-state index contributed by atoms with van der Waals surface area (Å²) in [5, 5.41) is 23.7. The summed E-state index contributed by atoms with van der Waals surface area (Å²) in [4.78, 5) is 50.8. The quantitative estimate of drug-likeness (QED) is 0.359. The zero-order valence-corrected chi connectivity index (χ0v) is 20.0. The van der Waals surface area contributed by atoms with Crippen LogP contribution in [0.4, 0.5) is 10.5 Å². The van der Waals surface area contributed by atoms with E-state index in [1.165, 1.54) is 34.9 Å². The summed E-state index contributed by atoms with van der Waals surface area (Å²) in [7, 11) is 1.62. The number of non-ortho nitro benzene ring substituents is 1. The average molecular weight is 497 g/mol. The predicted octanol–water partition coefficient (Wildman–Crippen LogP) is 3.09. The van der Waals surface area contributed by atoms with Crippen molar-refractivity contribution in [3.8, 4) is 0 Å². The van der Waals surface area contributed by atoms with Crippen molar-refractivity contribution in [1.29, 1.82) is 0 Å². The van der Waals surface area contributed by atoms with Crippen molar-refractivity contribution in [2.24, 2.45) is 0 Å². The summed E-state index contributed by atoms with van der Waals surface area (Å²) < 4.78 is 5.48. The molecule has 0 saturated carbocycles. The van der Waals surface area contributed by atoms with Crippen molar-refractivity contribution >= 4 is 23.6 Å². The number of aliphatic carboxylic acids is 1. The summed E-state index contributed by atoms with van der Waals surface area (Å²) >= 11 is 0. The summed E-state index contributed by atoms with van der Waals surface area (Å²) in [5.41, 5.74) is 1.15. The summed E-state index contributed by atoms with van der Waals surface area (Å²) in [6.45, 7) is 2.10. The average Bonchev–Trinajstić information content (AvgIpc) is 2.85. The van der Waals surface area contributed by atoms with E-state index in [1.54, 1.807) is 13.1 Å². The molecule has 3 rings (SSSR count). The highest BCUT2D eigenvalue weighted by Gasteiger charge is 2.38. The predicted molar refractivity (Wildman–Crippen MR) is 130 cm³/mol. The number of amides is 3. The highest BCUT2D eigenvalue weighted by Crippen LogP contribution is 2.35. The first-order chi connectivity index (χ1) is 17.2. The molecule has 2 aromatic carbocycles. The van der Waals surface area contributed by atoms with E-state index in [0.717, 1.165) is 5.56 Å². The molecular formula is C25H28N4O7. The Morgan fingerprint density at radius 3 is 2.58 bits per heavy atom. The zero-order chi connectivity index (χ0) is 26.2. The van der Waals surface area contributed by atoms with Gasteiger partial charge in [-0.15, -0.1) is 0 Å². The van der Waals surface area contributed by atoms with Crippen LogP contribution in [0.15, 0.2) is 65.9 Å². The van der Waals surface area contributed by atoms with E-state index in [-0.39, 0.29) is 36.0 Å². The summed E-state index contributed by atoms with van der Waals surface area (Å²) in [5.74, 6) is -1.47. The number of carboxylic acids is 1. The van der Waals surface area contributed by atoms with E-state index in [4.69, 9.17) is 4.74 Å². The van der Waals surface area contributed by atoms with E-state index in [9.17, 15) is 29.6 Å². The fourth-order valence-electron chi connectivity index (χ4n) is 3.98. The molecule has 2 N–H and O–H groups in total. The maximum atomic E-state index is 12.8. The second-order valence-corrected chi connectivity index (χ2v) is 8.37. The number of rotatable bonds is 11. The molecule has 11 nitrogen and oxygen atoms in total.